The van der Waals surface area contributed by atoms with E-state index < -0.39 is 10.0 Å². The number of aromatic nitrogens is 2. The smallest absolute Gasteiger partial charge is 0.240 e. The van der Waals surface area contributed by atoms with Crippen LogP contribution in [0.1, 0.15) is 37.3 Å². The van der Waals surface area contributed by atoms with Gasteiger partial charge in [-0.25, -0.2) is 18.1 Å². The molecule has 0 spiro atoms. The first-order chi connectivity index (χ1) is 16.8. The standard InChI is InChI=1S/C25H32BrN5O3S/c1-3-20(17-32)29-24-22(26)16-27-25(31-24)30-21-13-12-18(2)23(15-21)35(33,34)28-14-8-7-11-19-9-5-4-6-10-19/h4-6,9-10,12-13,15-16,20,28,32H,3,7-8,11,14,17H2,1-2H3,(H2,27,29,30,31)/t20-/m1/s1. The molecule has 10 heteroatoms. The van der Waals surface area contributed by atoms with Gasteiger partial charge in [0.25, 0.3) is 0 Å². The molecule has 0 fully saturated rings. The molecule has 0 saturated heterocycles. The van der Waals surface area contributed by atoms with E-state index in [0.29, 0.717) is 34.0 Å². The van der Waals surface area contributed by atoms with E-state index in [-0.39, 0.29) is 17.5 Å². The van der Waals surface area contributed by atoms with Crippen LogP contribution >= 0.6 is 15.9 Å². The summed E-state index contributed by atoms with van der Waals surface area (Å²) in [4.78, 5) is 8.94. The third-order valence-corrected chi connectivity index (χ3v) is 7.74. The number of nitrogens with one attached hydrogen (secondary N) is 3. The summed E-state index contributed by atoms with van der Waals surface area (Å²) in [5, 5.41) is 15.7. The zero-order valence-corrected chi connectivity index (χ0v) is 22.4. The SMILES string of the molecule is CC[C@H](CO)Nc1nc(Nc2ccc(C)c(S(=O)(=O)NCCCCc3ccccc3)c2)ncc1Br. The van der Waals surface area contributed by atoms with Crippen LogP contribution in [0.5, 0.6) is 0 Å². The van der Waals surface area contributed by atoms with Crippen molar-refractivity contribution in [2.75, 3.05) is 23.8 Å². The molecule has 0 amide bonds. The van der Waals surface area contributed by atoms with Gasteiger partial charge in [0.05, 0.1) is 22.0 Å². The number of halogens is 1. The number of sulfonamides is 1. The largest absolute Gasteiger partial charge is 0.394 e. The molecule has 0 aliphatic heterocycles. The predicted octanol–water partition coefficient (Wildman–Crippen LogP) is 4.78. The van der Waals surface area contributed by atoms with Crippen LogP contribution in [0.3, 0.4) is 0 Å². The van der Waals surface area contributed by atoms with Crippen LogP contribution in [-0.4, -0.2) is 42.7 Å². The summed E-state index contributed by atoms with van der Waals surface area (Å²) in [5.74, 6) is 0.852. The third kappa shape index (κ3) is 7.99. The molecular weight excluding hydrogens is 530 g/mol. The Balaban J connectivity index is 1.64. The van der Waals surface area contributed by atoms with Gasteiger partial charge in [-0.2, -0.15) is 4.98 Å². The highest BCUT2D eigenvalue weighted by Crippen LogP contribution is 2.25. The van der Waals surface area contributed by atoms with Crippen molar-refractivity contribution in [3.05, 3.63) is 70.3 Å². The normalized spacial score (nSPS) is 12.3. The summed E-state index contributed by atoms with van der Waals surface area (Å²) < 4.78 is 29.3. The van der Waals surface area contributed by atoms with E-state index in [2.05, 4.69) is 53.4 Å². The number of nitrogens with zero attached hydrogens (tertiary/aromatic N) is 2. The number of unbranched alkanes of at least 4 members (excludes halogenated alkanes) is 1. The van der Waals surface area contributed by atoms with Crippen LogP contribution < -0.4 is 15.4 Å². The number of rotatable bonds is 13. The summed E-state index contributed by atoms with van der Waals surface area (Å²) in [6.45, 7) is 4.09. The van der Waals surface area contributed by atoms with Crippen molar-refractivity contribution < 1.29 is 13.5 Å². The monoisotopic (exact) mass is 561 g/mol. The highest BCUT2D eigenvalue weighted by molar-refractivity contribution is 9.10. The van der Waals surface area contributed by atoms with E-state index in [1.54, 1.807) is 31.3 Å². The number of hydrogen-bond donors (Lipinski definition) is 4. The fourth-order valence-electron chi connectivity index (χ4n) is 3.48. The van der Waals surface area contributed by atoms with Gasteiger partial charge in [0, 0.05) is 18.4 Å². The van der Waals surface area contributed by atoms with E-state index in [9.17, 15) is 13.5 Å². The maximum atomic E-state index is 13.0. The van der Waals surface area contributed by atoms with E-state index in [4.69, 9.17) is 0 Å². The highest BCUT2D eigenvalue weighted by atomic mass is 79.9. The third-order valence-electron chi connectivity index (χ3n) is 5.56. The molecule has 4 N–H and O–H groups in total. The van der Waals surface area contributed by atoms with Crippen molar-refractivity contribution in [2.24, 2.45) is 0 Å². The van der Waals surface area contributed by atoms with Crippen molar-refractivity contribution in [3.8, 4) is 0 Å². The first-order valence-corrected chi connectivity index (χ1v) is 13.9. The molecule has 0 unspecified atom stereocenters. The van der Waals surface area contributed by atoms with Gasteiger partial charge in [-0.05, 0) is 71.8 Å². The quantitative estimate of drug-likeness (QED) is 0.222. The molecule has 0 bridgehead atoms. The lowest BCUT2D eigenvalue weighted by Gasteiger charge is -2.16. The summed E-state index contributed by atoms with van der Waals surface area (Å²) in [6, 6.07) is 15.2. The topological polar surface area (TPSA) is 116 Å². The molecule has 3 rings (SSSR count). The average Bonchev–Trinajstić information content (AvgIpc) is 2.85. The molecule has 0 aliphatic rings. The Bertz CT molecular complexity index is 1200. The molecule has 0 aliphatic carbocycles. The molecule has 188 valence electrons. The van der Waals surface area contributed by atoms with Gasteiger partial charge in [-0.3, -0.25) is 0 Å². The summed E-state index contributed by atoms with van der Waals surface area (Å²) in [5.41, 5.74) is 2.46. The molecule has 1 atom stereocenters. The highest BCUT2D eigenvalue weighted by Gasteiger charge is 2.17. The number of aliphatic hydroxyl groups excluding tert-OH is 1. The second-order valence-corrected chi connectivity index (χ2v) is 10.9. The molecule has 3 aromatic rings. The fourth-order valence-corrected chi connectivity index (χ4v) is 5.13. The first-order valence-electron chi connectivity index (χ1n) is 11.6. The maximum Gasteiger partial charge on any atom is 0.240 e. The second kappa shape index (κ2) is 13.0. The van der Waals surface area contributed by atoms with Gasteiger partial charge in [0.1, 0.15) is 5.82 Å². The van der Waals surface area contributed by atoms with Crippen molar-refractivity contribution in [3.63, 3.8) is 0 Å². The minimum absolute atomic E-state index is 0.0197. The number of aryl methyl sites for hydroxylation is 2. The van der Waals surface area contributed by atoms with Crippen molar-refractivity contribution in [1.29, 1.82) is 0 Å². The van der Waals surface area contributed by atoms with Crippen molar-refractivity contribution >= 4 is 43.4 Å². The molecule has 0 saturated carbocycles. The number of benzene rings is 2. The predicted molar refractivity (Wildman–Crippen MR) is 144 cm³/mol. The van der Waals surface area contributed by atoms with Crippen LogP contribution in [0.15, 0.2) is 64.1 Å². The van der Waals surface area contributed by atoms with Gasteiger partial charge in [0.2, 0.25) is 16.0 Å². The fraction of sp³-hybridized carbons (Fsp3) is 0.360. The molecule has 2 aromatic carbocycles. The van der Waals surface area contributed by atoms with E-state index in [0.717, 1.165) is 25.7 Å². The van der Waals surface area contributed by atoms with Gasteiger partial charge < -0.3 is 15.7 Å². The Kier molecular flexibility index (Phi) is 10.0. The Morgan fingerprint density at radius 2 is 1.89 bits per heavy atom. The molecule has 0 radical (unpaired) electrons. The molecule has 8 nitrogen and oxygen atoms in total. The van der Waals surface area contributed by atoms with Crippen molar-refractivity contribution in [2.45, 2.75) is 50.5 Å². The summed E-state index contributed by atoms with van der Waals surface area (Å²) in [6.07, 6.45) is 4.90. The maximum absolute atomic E-state index is 13.0. The van der Waals surface area contributed by atoms with Crippen molar-refractivity contribution in [1.82, 2.24) is 14.7 Å². The lowest BCUT2D eigenvalue weighted by molar-refractivity contribution is 0.271. The van der Waals surface area contributed by atoms with Crippen LogP contribution in [0.25, 0.3) is 0 Å². The molecule has 1 aromatic heterocycles. The number of aliphatic hydroxyl groups is 1. The van der Waals surface area contributed by atoms with Gasteiger partial charge >= 0.3 is 0 Å². The zero-order chi connectivity index (χ0) is 25.3. The molecular formula is C25H32BrN5O3S. The van der Waals surface area contributed by atoms with Crippen LogP contribution in [0, 0.1) is 6.92 Å². The average molecular weight is 563 g/mol. The molecule has 35 heavy (non-hydrogen) atoms. The lowest BCUT2D eigenvalue weighted by atomic mass is 10.1. The van der Waals surface area contributed by atoms with E-state index in [1.807, 2.05) is 25.1 Å². The Labute approximate surface area is 215 Å². The van der Waals surface area contributed by atoms with Gasteiger partial charge in [-0.15, -0.1) is 0 Å². The Hall–Kier alpha value is -2.53. The summed E-state index contributed by atoms with van der Waals surface area (Å²) in [7, 11) is -3.67. The Morgan fingerprint density at radius 3 is 2.60 bits per heavy atom. The van der Waals surface area contributed by atoms with E-state index in [1.165, 1.54) is 5.56 Å². The minimum atomic E-state index is -3.67. The van der Waals surface area contributed by atoms with Crippen LogP contribution in [0.2, 0.25) is 0 Å². The number of hydrogen-bond acceptors (Lipinski definition) is 7. The van der Waals surface area contributed by atoms with Gasteiger partial charge in [0.15, 0.2) is 0 Å². The zero-order valence-electron chi connectivity index (χ0n) is 20.0. The summed E-state index contributed by atoms with van der Waals surface area (Å²) >= 11 is 3.41. The van der Waals surface area contributed by atoms with E-state index >= 15 is 0 Å². The van der Waals surface area contributed by atoms with Gasteiger partial charge in [-0.1, -0.05) is 43.3 Å². The lowest BCUT2D eigenvalue weighted by Crippen LogP contribution is -2.25. The Morgan fingerprint density at radius 1 is 1.11 bits per heavy atom. The van der Waals surface area contributed by atoms with Crippen LogP contribution in [0.4, 0.5) is 17.5 Å². The number of anilines is 3. The molecule has 1 heterocycles. The first kappa shape index (κ1) is 27.1. The van der Waals surface area contributed by atoms with Crippen LogP contribution in [-0.2, 0) is 16.4 Å². The second-order valence-electron chi connectivity index (χ2n) is 8.27. The minimum Gasteiger partial charge on any atom is -0.394 e.